The average molecular weight is 290 g/mol. The van der Waals surface area contributed by atoms with Gasteiger partial charge in [0.15, 0.2) is 0 Å². The lowest BCUT2D eigenvalue weighted by Gasteiger charge is -2.27. The zero-order valence-corrected chi connectivity index (χ0v) is 12.5. The van der Waals surface area contributed by atoms with Gasteiger partial charge in [-0.2, -0.15) is 0 Å². The van der Waals surface area contributed by atoms with Crippen molar-refractivity contribution in [1.82, 2.24) is 0 Å². The number of fused-ring (bicyclic) bond motifs is 2. The Labute approximate surface area is 124 Å². The molecule has 1 aromatic rings. The van der Waals surface area contributed by atoms with E-state index in [0.29, 0.717) is 29.0 Å². The second-order valence-electron chi connectivity index (χ2n) is 5.99. The summed E-state index contributed by atoms with van der Waals surface area (Å²) >= 11 is 0. The fraction of sp³-hybridized carbons (Fsp3) is 0.562. The summed E-state index contributed by atoms with van der Waals surface area (Å²) in [6, 6.07) is 5.35. The van der Waals surface area contributed by atoms with E-state index in [4.69, 9.17) is 15.2 Å². The van der Waals surface area contributed by atoms with E-state index in [1.54, 1.807) is 32.4 Å². The van der Waals surface area contributed by atoms with Crippen molar-refractivity contribution < 1.29 is 14.3 Å². The third-order valence-corrected chi connectivity index (χ3v) is 4.95. The smallest absolute Gasteiger partial charge is 0.229 e. The number of amides is 1. The van der Waals surface area contributed by atoms with E-state index in [-0.39, 0.29) is 17.9 Å². The predicted octanol–water partition coefficient (Wildman–Crippen LogP) is 2.02. The van der Waals surface area contributed by atoms with Crippen LogP contribution in [0.1, 0.15) is 19.3 Å². The Morgan fingerprint density at radius 2 is 2.00 bits per heavy atom. The number of hydrogen-bond donors (Lipinski definition) is 2. The highest BCUT2D eigenvalue weighted by atomic mass is 16.5. The number of rotatable bonds is 4. The van der Waals surface area contributed by atoms with Gasteiger partial charge >= 0.3 is 0 Å². The van der Waals surface area contributed by atoms with Crippen molar-refractivity contribution in [1.29, 1.82) is 0 Å². The second-order valence-corrected chi connectivity index (χ2v) is 5.99. The number of ether oxygens (including phenoxy) is 2. The Hall–Kier alpha value is -1.75. The predicted molar refractivity (Wildman–Crippen MR) is 80.5 cm³/mol. The van der Waals surface area contributed by atoms with Gasteiger partial charge in [0, 0.05) is 12.1 Å². The average Bonchev–Trinajstić information content (AvgIpc) is 3.07. The number of benzene rings is 1. The van der Waals surface area contributed by atoms with Crippen LogP contribution in [0.25, 0.3) is 0 Å². The van der Waals surface area contributed by atoms with Crippen LogP contribution in [-0.4, -0.2) is 26.2 Å². The molecule has 0 saturated heterocycles. The molecule has 0 radical (unpaired) electrons. The van der Waals surface area contributed by atoms with Gasteiger partial charge in [-0.05, 0) is 43.2 Å². The summed E-state index contributed by atoms with van der Waals surface area (Å²) in [4.78, 5) is 12.6. The molecular formula is C16H22N2O3. The summed E-state index contributed by atoms with van der Waals surface area (Å²) in [5.74, 6) is 2.17. The number of anilines is 1. The number of carbonyl (C=O) groups is 1. The van der Waals surface area contributed by atoms with Crippen LogP contribution in [0.4, 0.5) is 5.69 Å². The Bertz CT molecular complexity index is 544. The summed E-state index contributed by atoms with van der Waals surface area (Å²) in [7, 11) is 3.18. The summed E-state index contributed by atoms with van der Waals surface area (Å²) in [6.45, 7) is 0. The van der Waals surface area contributed by atoms with Crippen molar-refractivity contribution in [2.45, 2.75) is 25.3 Å². The molecule has 114 valence electrons. The maximum Gasteiger partial charge on any atom is 0.229 e. The van der Waals surface area contributed by atoms with E-state index in [1.165, 1.54) is 0 Å². The fourth-order valence-corrected chi connectivity index (χ4v) is 3.85. The van der Waals surface area contributed by atoms with Gasteiger partial charge in [-0.1, -0.05) is 0 Å². The first-order valence-corrected chi connectivity index (χ1v) is 7.42. The molecule has 0 aliphatic heterocycles. The molecule has 1 aromatic carbocycles. The topological polar surface area (TPSA) is 73.6 Å². The van der Waals surface area contributed by atoms with E-state index >= 15 is 0 Å². The molecule has 21 heavy (non-hydrogen) atoms. The van der Waals surface area contributed by atoms with E-state index < -0.39 is 0 Å². The Morgan fingerprint density at radius 3 is 2.62 bits per heavy atom. The molecule has 1 amide bonds. The maximum atomic E-state index is 12.6. The van der Waals surface area contributed by atoms with Crippen LogP contribution in [0.2, 0.25) is 0 Å². The molecule has 4 atom stereocenters. The van der Waals surface area contributed by atoms with Crippen LogP contribution >= 0.6 is 0 Å². The van der Waals surface area contributed by atoms with Gasteiger partial charge in [0.2, 0.25) is 5.91 Å². The zero-order chi connectivity index (χ0) is 15.0. The second kappa shape index (κ2) is 5.56. The minimum absolute atomic E-state index is 0.00116. The molecule has 0 heterocycles. The van der Waals surface area contributed by atoms with Crippen molar-refractivity contribution in [3.05, 3.63) is 18.2 Å². The first kappa shape index (κ1) is 14.2. The van der Waals surface area contributed by atoms with Crippen LogP contribution in [0.15, 0.2) is 18.2 Å². The van der Waals surface area contributed by atoms with Crippen LogP contribution < -0.4 is 20.5 Å². The molecule has 3 rings (SSSR count). The molecule has 2 saturated carbocycles. The molecule has 5 heteroatoms. The molecule has 4 unspecified atom stereocenters. The number of hydrogen-bond acceptors (Lipinski definition) is 4. The highest BCUT2D eigenvalue weighted by Crippen LogP contribution is 2.48. The zero-order valence-electron chi connectivity index (χ0n) is 12.5. The molecule has 0 spiro atoms. The van der Waals surface area contributed by atoms with E-state index in [2.05, 4.69) is 5.32 Å². The van der Waals surface area contributed by atoms with Gasteiger partial charge in [0.25, 0.3) is 0 Å². The van der Waals surface area contributed by atoms with E-state index in [9.17, 15) is 4.79 Å². The monoisotopic (exact) mass is 290 g/mol. The lowest BCUT2D eigenvalue weighted by Crippen LogP contribution is -2.42. The van der Waals surface area contributed by atoms with Crippen LogP contribution in [0, 0.1) is 17.8 Å². The molecule has 3 N–H and O–H groups in total. The van der Waals surface area contributed by atoms with Crippen molar-refractivity contribution in [3.63, 3.8) is 0 Å². The molecular weight excluding hydrogens is 268 g/mol. The highest BCUT2D eigenvalue weighted by molar-refractivity contribution is 5.95. The lowest BCUT2D eigenvalue weighted by molar-refractivity contribution is -0.121. The molecule has 2 fully saturated rings. The van der Waals surface area contributed by atoms with Gasteiger partial charge < -0.3 is 20.5 Å². The number of nitrogens with one attached hydrogen (secondary N) is 1. The number of carbonyl (C=O) groups excluding carboxylic acids is 1. The van der Waals surface area contributed by atoms with Crippen molar-refractivity contribution in [2.75, 3.05) is 19.5 Å². The molecule has 2 aliphatic carbocycles. The first-order chi connectivity index (χ1) is 10.1. The third kappa shape index (κ3) is 2.46. The Balaban J connectivity index is 1.78. The van der Waals surface area contributed by atoms with Gasteiger partial charge in [-0.3, -0.25) is 4.79 Å². The first-order valence-electron chi connectivity index (χ1n) is 7.42. The summed E-state index contributed by atoms with van der Waals surface area (Å²) in [5, 5.41) is 2.97. The maximum absolute atomic E-state index is 12.6. The van der Waals surface area contributed by atoms with Crippen LogP contribution in [0.3, 0.4) is 0 Å². The van der Waals surface area contributed by atoms with Crippen LogP contribution in [0.5, 0.6) is 11.5 Å². The highest BCUT2D eigenvalue weighted by Gasteiger charge is 2.49. The standard InChI is InChI=1S/C16H22N2O3/c1-20-11-5-6-13(21-2)12(8-11)18-16(19)14-9-3-4-10(7-9)15(14)17/h5-6,8-10,14-15H,3-4,7,17H2,1-2H3,(H,18,19). The van der Waals surface area contributed by atoms with Gasteiger partial charge in [0.05, 0.1) is 25.8 Å². The molecule has 0 aromatic heterocycles. The number of methoxy groups -OCH3 is 2. The SMILES string of the molecule is COc1ccc(OC)c(NC(=O)C2C3CCC(C3)C2N)c1. The van der Waals surface area contributed by atoms with Crippen molar-refractivity contribution >= 4 is 11.6 Å². The fourth-order valence-electron chi connectivity index (χ4n) is 3.85. The largest absolute Gasteiger partial charge is 0.497 e. The Morgan fingerprint density at radius 1 is 1.24 bits per heavy atom. The summed E-state index contributed by atoms with van der Waals surface area (Å²) in [5.41, 5.74) is 6.86. The van der Waals surface area contributed by atoms with Crippen molar-refractivity contribution in [3.8, 4) is 11.5 Å². The lowest BCUT2D eigenvalue weighted by atomic mass is 9.84. The summed E-state index contributed by atoms with van der Waals surface area (Å²) in [6.07, 6.45) is 3.37. The third-order valence-electron chi connectivity index (χ3n) is 4.95. The molecule has 2 bridgehead atoms. The normalized spacial score (nSPS) is 30.2. The van der Waals surface area contributed by atoms with Crippen molar-refractivity contribution in [2.24, 2.45) is 23.5 Å². The quantitative estimate of drug-likeness (QED) is 0.889. The summed E-state index contributed by atoms with van der Waals surface area (Å²) < 4.78 is 10.5. The van der Waals surface area contributed by atoms with E-state index in [1.807, 2.05) is 0 Å². The van der Waals surface area contributed by atoms with Gasteiger partial charge in [-0.15, -0.1) is 0 Å². The molecule has 2 aliphatic rings. The van der Waals surface area contributed by atoms with Gasteiger partial charge in [0.1, 0.15) is 11.5 Å². The molecule has 5 nitrogen and oxygen atoms in total. The minimum Gasteiger partial charge on any atom is -0.497 e. The van der Waals surface area contributed by atoms with Gasteiger partial charge in [-0.25, -0.2) is 0 Å². The minimum atomic E-state index is -0.0837. The number of nitrogens with two attached hydrogens (primary N) is 1. The van der Waals surface area contributed by atoms with Crippen LogP contribution in [-0.2, 0) is 4.79 Å². The van der Waals surface area contributed by atoms with E-state index in [0.717, 1.165) is 19.3 Å². The Kier molecular flexibility index (Phi) is 3.76.